The lowest BCUT2D eigenvalue weighted by atomic mass is 10.1. The summed E-state index contributed by atoms with van der Waals surface area (Å²) in [6, 6.07) is 25.3. The summed E-state index contributed by atoms with van der Waals surface area (Å²) in [5, 5.41) is 3.93. The van der Waals surface area contributed by atoms with E-state index in [0.717, 1.165) is 5.39 Å². The molecule has 0 aliphatic rings. The molecule has 0 radical (unpaired) electrons. The molecule has 5 aromatic rings. The van der Waals surface area contributed by atoms with E-state index in [1.807, 2.05) is 48.5 Å². The Hall–Kier alpha value is -4.23. The number of anilines is 1. The van der Waals surface area contributed by atoms with E-state index < -0.39 is 0 Å². The molecule has 0 unspecified atom stereocenters. The molecule has 7 heteroatoms. The first-order valence-corrected chi connectivity index (χ1v) is 11.5. The van der Waals surface area contributed by atoms with Gasteiger partial charge in [-0.2, -0.15) is 0 Å². The molecule has 5 rings (SSSR count). The second-order valence-electron chi connectivity index (χ2n) is 7.69. The van der Waals surface area contributed by atoms with Crippen molar-refractivity contribution in [2.45, 2.75) is 6.54 Å². The van der Waals surface area contributed by atoms with Crippen molar-refractivity contribution in [3.63, 3.8) is 0 Å². The zero-order valence-corrected chi connectivity index (χ0v) is 19.1. The molecule has 0 aliphatic carbocycles. The number of amides is 1. The largest absolute Gasteiger partial charge is 0.494 e. The molecule has 6 nitrogen and oxygen atoms in total. The number of hydrogen-bond acceptors (Lipinski definition) is 5. The van der Waals surface area contributed by atoms with Crippen LogP contribution in [-0.4, -0.2) is 23.4 Å². The van der Waals surface area contributed by atoms with Gasteiger partial charge in [0.2, 0.25) is 0 Å². The third-order valence-electron chi connectivity index (χ3n) is 5.60. The molecule has 0 atom stereocenters. The maximum atomic E-state index is 13.7. The topological polar surface area (TPSA) is 77.4 Å². The lowest BCUT2D eigenvalue weighted by molar-refractivity contribution is 0.0971. The van der Waals surface area contributed by atoms with Crippen LogP contribution in [-0.2, 0) is 6.54 Å². The van der Waals surface area contributed by atoms with E-state index in [4.69, 9.17) is 4.74 Å². The summed E-state index contributed by atoms with van der Waals surface area (Å²) in [7, 11) is 1.44. The summed E-state index contributed by atoms with van der Waals surface area (Å²) in [4.78, 5) is 40.1. The zero-order chi connectivity index (χ0) is 23.7. The van der Waals surface area contributed by atoms with Crippen molar-refractivity contribution >= 4 is 49.7 Å². The van der Waals surface area contributed by atoms with E-state index in [0.29, 0.717) is 31.7 Å². The Morgan fingerprint density at radius 2 is 1.56 bits per heavy atom. The van der Waals surface area contributed by atoms with E-state index in [-0.39, 0.29) is 29.5 Å². The van der Waals surface area contributed by atoms with Crippen molar-refractivity contribution < 1.29 is 14.3 Å². The first kappa shape index (κ1) is 21.6. The first-order valence-electron chi connectivity index (χ1n) is 10.6. The lowest BCUT2D eigenvalue weighted by Crippen LogP contribution is -2.25. The third kappa shape index (κ3) is 3.76. The Kier molecular flexibility index (Phi) is 5.69. The van der Waals surface area contributed by atoms with Crippen LogP contribution in [0.2, 0.25) is 0 Å². The SMILES string of the molecule is COc1c(C(=O)Nc2ccccc2)sc2c1c(=O)n(CC(=O)c1ccccc1)c1ccccc21. The van der Waals surface area contributed by atoms with Gasteiger partial charge in [-0.05, 0) is 18.2 Å². The van der Waals surface area contributed by atoms with Crippen LogP contribution < -0.4 is 15.6 Å². The van der Waals surface area contributed by atoms with E-state index in [1.54, 1.807) is 36.4 Å². The maximum absolute atomic E-state index is 13.7. The fourth-order valence-corrected chi connectivity index (χ4v) is 5.21. The minimum absolute atomic E-state index is 0.121. The molecule has 168 valence electrons. The summed E-state index contributed by atoms with van der Waals surface area (Å²) in [5.41, 5.74) is 1.43. The summed E-state index contributed by atoms with van der Waals surface area (Å²) in [6.45, 7) is -0.121. The number of carbonyl (C=O) groups is 2. The molecule has 2 heterocycles. The Bertz CT molecular complexity index is 1590. The lowest BCUT2D eigenvalue weighted by Gasteiger charge is -2.11. The Morgan fingerprint density at radius 1 is 0.912 bits per heavy atom. The van der Waals surface area contributed by atoms with E-state index in [9.17, 15) is 14.4 Å². The van der Waals surface area contributed by atoms with Gasteiger partial charge in [0.25, 0.3) is 11.5 Å². The molecule has 0 bridgehead atoms. The highest BCUT2D eigenvalue weighted by Gasteiger charge is 2.25. The molecular formula is C27H20N2O4S. The number of ketones is 1. The second-order valence-corrected chi connectivity index (χ2v) is 8.71. The number of pyridine rings is 1. The summed E-state index contributed by atoms with van der Waals surface area (Å²) < 4.78 is 7.69. The normalized spacial score (nSPS) is 11.0. The van der Waals surface area contributed by atoms with Crippen molar-refractivity contribution in [3.8, 4) is 5.75 Å². The third-order valence-corrected chi connectivity index (χ3v) is 6.81. The molecule has 2 aromatic heterocycles. The zero-order valence-electron chi connectivity index (χ0n) is 18.3. The van der Waals surface area contributed by atoms with Crippen LogP contribution >= 0.6 is 11.3 Å². The average Bonchev–Trinajstić information content (AvgIpc) is 3.28. The fraction of sp³-hybridized carbons (Fsp3) is 0.0741. The monoisotopic (exact) mass is 468 g/mol. The fourth-order valence-electron chi connectivity index (χ4n) is 4.01. The van der Waals surface area contributed by atoms with Gasteiger partial charge >= 0.3 is 0 Å². The van der Waals surface area contributed by atoms with Crippen LogP contribution in [0.3, 0.4) is 0 Å². The van der Waals surface area contributed by atoms with Crippen LogP contribution in [0.5, 0.6) is 5.75 Å². The average molecular weight is 469 g/mol. The Morgan fingerprint density at radius 3 is 2.26 bits per heavy atom. The van der Waals surface area contributed by atoms with E-state index >= 15 is 0 Å². The number of carbonyl (C=O) groups excluding carboxylic acids is 2. The molecule has 34 heavy (non-hydrogen) atoms. The van der Waals surface area contributed by atoms with Crippen LogP contribution in [0.15, 0.2) is 89.7 Å². The van der Waals surface area contributed by atoms with E-state index in [2.05, 4.69) is 5.32 Å². The number of hydrogen-bond donors (Lipinski definition) is 1. The molecule has 1 amide bonds. The number of nitrogens with one attached hydrogen (secondary N) is 1. The Labute approximate surface area is 199 Å². The van der Waals surface area contributed by atoms with Crippen molar-refractivity contribution in [3.05, 3.63) is 106 Å². The molecule has 3 aromatic carbocycles. The van der Waals surface area contributed by atoms with Crippen molar-refractivity contribution in [1.82, 2.24) is 4.57 Å². The van der Waals surface area contributed by atoms with Crippen LogP contribution in [0.1, 0.15) is 20.0 Å². The number of para-hydroxylation sites is 2. The number of methoxy groups -OCH3 is 1. The van der Waals surface area contributed by atoms with Gasteiger partial charge in [-0.25, -0.2) is 0 Å². The molecule has 0 spiro atoms. The first-order chi connectivity index (χ1) is 16.6. The van der Waals surface area contributed by atoms with E-state index in [1.165, 1.54) is 23.0 Å². The van der Waals surface area contributed by atoms with Crippen molar-refractivity contribution in [2.24, 2.45) is 0 Å². The standard InChI is InChI=1S/C27H20N2O4S/c1-33-23-22-24(34-25(23)26(31)28-18-12-6-3-7-13-18)19-14-8-9-15-20(19)29(27(22)32)16-21(30)17-10-4-2-5-11-17/h2-15H,16H2,1H3,(H,28,31). The molecule has 0 saturated carbocycles. The molecule has 0 aliphatic heterocycles. The highest BCUT2D eigenvalue weighted by molar-refractivity contribution is 7.22. The minimum atomic E-state index is -0.371. The maximum Gasteiger partial charge on any atom is 0.269 e. The van der Waals surface area contributed by atoms with Crippen LogP contribution in [0.4, 0.5) is 5.69 Å². The highest BCUT2D eigenvalue weighted by atomic mass is 32.1. The highest BCUT2D eigenvalue weighted by Crippen LogP contribution is 2.39. The van der Waals surface area contributed by atoms with Crippen LogP contribution in [0.25, 0.3) is 21.0 Å². The predicted octanol–water partition coefficient (Wildman–Crippen LogP) is 5.36. The quantitative estimate of drug-likeness (QED) is 0.340. The number of nitrogens with zero attached hydrogens (tertiary/aromatic N) is 1. The van der Waals surface area contributed by atoms with Crippen LogP contribution in [0, 0.1) is 0 Å². The molecule has 1 N–H and O–H groups in total. The number of rotatable bonds is 6. The minimum Gasteiger partial charge on any atom is -0.494 e. The number of Topliss-reactive ketones (excluding diaryl/α,β-unsaturated/α-hetero) is 1. The van der Waals surface area contributed by atoms with Gasteiger partial charge in [-0.15, -0.1) is 11.3 Å². The van der Waals surface area contributed by atoms with Gasteiger partial charge in [0.05, 0.1) is 23.9 Å². The Balaban J connectivity index is 1.68. The number of fused-ring (bicyclic) bond motifs is 3. The predicted molar refractivity (Wildman–Crippen MR) is 135 cm³/mol. The van der Waals surface area contributed by atoms with Gasteiger partial charge in [0.1, 0.15) is 10.3 Å². The number of aromatic nitrogens is 1. The van der Waals surface area contributed by atoms with Crippen molar-refractivity contribution in [2.75, 3.05) is 12.4 Å². The van der Waals surface area contributed by atoms with Gasteiger partial charge in [0.15, 0.2) is 11.5 Å². The number of thiophene rings is 1. The van der Waals surface area contributed by atoms with Gasteiger partial charge in [-0.3, -0.25) is 19.0 Å². The van der Waals surface area contributed by atoms with Gasteiger partial charge in [0, 0.05) is 16.6 Å². The smallest absolute Gasteiger partial charge is 0.269 e. The van der Waals surface area contributed by atoms with Gasteiger partial charge in [-0.1, -0.05) is 66.7 Å². The molecular weight excluding hydrogens is 448 g/mol. The summed E-state index contributed by atoms with van der Waals surface area (Å²) >= 11 is 1.21. The van der Waals surface area contributed by atoms with Gasteiger partial charge < -0.3 is 10.1 Å². The molecule has 0 fully saturated rings. The number of benzene rings is 3. The van der Waals surface area contributed by atoms with Crippen molar-refractivity contribution in [1.29, 1.82) is 0 Å². The number of ether oxygens (including phenoxy) is 1. The molecule has 0 saturated heterocycles. The summed E-state index contributed by atoms with van der Waals surface area (Å²) in [6.07, 6.45) is 0. The second kappa shape index (κ2) is 8.96. The summed E-state index contributed by atoms with van der Waals surface area (Å²) in [5.74, 6) is -0.326.